The monoisotopic (exact) mass is 435 g/mol. The summed E-state index contributed by atoms with van der Waals surface area (Å²) in [6.07, 6.45) is 5.19. The number of H-pyrrole nitrogens is 1. The molecule has 0 spiro atoms. The lowest BCUT2D eigenvalue weighted by atomic mass is 10.1. The Bertz CT molecular complexity index is 1040. The van der Waals surface area contributed by atoms with Gasteiger partial charge in [0.05, 0.1) is 16.6 Å². The third-order valence-corrected chi connectivity index (χ3v) is 6.16. The van der Waals surface area contributed by atoms with Crippen LogP contribution in [-0.4, -0.2) is 71.8 Å². The number of rotatable bonds is 7. The molecule has 2 saturated heterocycles. The number of hydrogen-bond acceptors (Lipinski definition) is 8. The van der Waals surface area contributed by atoms with Crippen LogP contribution in [0, 0.1) is 0 Å². The molecular weight excluding hydrogens is 402 g/mol. The van der Waals surface area contributed by atoms with Gasteiger partial charge in [-0.1, -0.05) is 6.92 Å². The quantitative estimate of drug-likeness (QED) is 0.385. The summed E-state index contributed by atoms with van der Waals surface area (Å²) < 4.78 is 0. The molecule has 3 aromatic rings. The SMILES string of the molecule is CCCNc1ncc(-c2nc3ccc(N4CCNCC4)cc3[nH]2)c(N[C@H]2CCCNC2)n1. The zero-order valence-corrected chi connectivity index (χ0v) is 18.7. The van der Waals surface area contributed by atoms with Crippen LogP contribution < -0.4 is 26.2 Å². The van der Waals surface area contributed by atoms with Gasteiger partial charge in [0.15, 0.2) is 0 Å². The third-order valence-electron chi connectivity index (χ3n) is 6.16. The molecule has 2 aliphatic heterocycles. The Hall–Kier alpha value is -2.91. The molecule has 9 nitrogen and oxygen atoms in total. The minimum Gasteiger partial charge on any atom is -0.369 e. The maximum absolute atomic E-state index is 4.87. The van der Waals surface area contributed by atoms with Gasteiger partial charge in [0.25, 0.3) is 0 Å². The maximum Gasteiger partial charge on any atom is 0.224 e. The van der Waals surface area contributed by atoms with E-state index in [0.717, 1.165) is 86.9 Å². The van der Waals surface area contributed by atoms with Crippen molar-refractivity contribution in [3.05, 3.63) is 24.4 Å². The van der Waals surface area contributed by atoms with E-state index in [9.17, 15) is 0 Å². The van der Waals surface area contributed by atoms with Crippen molar-refractivity contribution in [1.82, 2.24) is 30.6 Å². The number of benzene rings is 1. The Morgan fingerprint density at radius 1 is 1.12 bits per heavy atom. The highest BCUT2D eigenvalue weighted by atomic mass is 15.2. The van der Waals surface area contributed by atoms with Crippen molar-refractivity contribution in [2.24, 2.45) is 0 Å². The van der Waals surface area contributed by atoms with Crippen molar-refractivity contribution in [2.45, 2.75) is 32.2 Å². The highest BCUT2D eigenvalue weighted by Crippen LogP contribution is 2.29. The van der Waals surface area contributed by atoms with Gasteiger partial charge in [-0.15, -0.1) is 0 Å². The van der Waals surface area contributed by atoms with Crippen molar-refractivity contribution in [2.75, 3.05) is 61.3 Å². The van der Waals surface area contributed by atoms with Crippen LogP contribution in [0.25, 0.3) is 22.4 Å². The van der Waals surface area contributed by atoms with E-state index in [0.29, 0.717) is 12.0 Å². The molecule has 32 heavy (non-hydrogen) atoms. The highest BCUT2D eigenvalue weighted by Gasteiger charge is 2.19. The number of nitrogens with one attached hydrogen (secondary N) is 5. The van der Waals surface area contributed by atoms with Crippen LogP contribution in [0.1, 0.15) is 26.2 Å². The normalized spacial score (nSPS) is 19.3. The first kappa shape index (κ1) is 21.0. The van der Waals surface area contributed by atoms with Gasteiger partial charge < -0.3 is 31.2 Å². The Morgan fingerprint density at radius 2 is 2.03 bits per heavy atom. The number of piperazine rings is 1. The Kier molecular flexibility index (Phi) is 6.36. The largest absolute Gasteiger partial charge is 0.369 e. The molecule has 0 amide bonds. The third kappa shape index (κ3) is 4.63. The molecule has 1 atom stereocenters. The lowest BCUT2D eigenvalue weighted by Crippen LogP contribution is -2.43. The molecule has 0 radical (unpaired) electrons. The van der Waals surface area contributed by atoms with E-state index < -0.39 is 0 Å². The van der Waals surface area contributed by atoms with Crippen molar-refractivity contribution < 1.29 is 0 Å². The van der Waals surface area contributed by atoms with Gasteiger partial charge in [-0.05, 0) is 44.0 Å². The fourth-order valence-electron chi connectivity index (χ4n) is 4.40. The summed E-state index contributed by atoms with van der Waals surface area (Å²) in [6.45, 7) is 9.10. The van der Waals surface area contributed by atoms with Crippen molar-refractivity contribution in [3.63, 3.8) is 0 Å². The van der Waals surface area contributed by atoms with Gasteiger partial charge in [-0.3, -0.25) is 0 Å². The van der Waals surface area contributed by atoms with Crippen LogP contribution in [0.2, 0.25) is 0 Å². The first-order valence-corrected chi connectivity index (χ1v) is 11.8. The highest BCUT2D eigenvalue weighted by molar-refractivity contribution is 5.84. The fraction of sp³-hybridized carbons (Fsp3) is 0.522. The van der Waals surface area contributed by atoms with Gasteiger partial charge >= 0.3 is 0 Å². The van der Waals surface area contributed by atoms with E-state index in [4.69, 9.17) is 9.97 Å². The van der Waals surface area contributed by atoms with Gasteiger partial charge in [0.1, 0.15) is 11.6 Å². The molecule has 170 valence electrons. The predicted molar refractivity (Wildman–Crippen MR) is 130 cm³/mol. The number of nitrogens with zero attached hydrogens (tertiary/aromatic N) is 4. The predicted octanol–water partition coefficient (Wildman–Crippen LogP) is 2.42. The molecular formula is C23H33N9. The summed E-state index contributed by atoms with van der Waals surface area (Å²) >= 11 is 0. The first-order chi connectivity index (χ1) is 15.8. The number of piperidine rings is 1. The standard InChI is InChI=1S/C23H33N9/c1-2-7-26-23-27-15-18(21(31-23)28-16-4-3-8-25-14-16)22-29-19-6-5-17(13-20(19)30-22)32-11-9-24-10-12-32/h5-6,13,15-16,24-25H,2-4,7-12,14H2,1H3,(H,29,30)(H2,26,27,28,31)/t16-/m0/s1. The Morgan fingerprint density at radius 3 is 2.84 bits per heavy atom. The summed E-state index contributed by atoms with van der Waals surface area (Å²) in [7, 11) is 0. The first-order valence-electron chi connectivity index (χ1n) is 11.8. The number of aromatic nitrogens is 4. The van der Waals surface area contributed by atoms with Crippen LogP contribution >= 0.6 is 0 Å². The number of fused-ring (bicyclic) bond motifs is 1. The van der Waals surface area contributed by atoms with Crippen molar-refractivity contribution >= 4 is 28.5 Å². The lowest BCUT2D eigenvalue weighted by molar-refractivity contribution is 0.479. The number of hydrogen-bond donors (Lipinski definition) is 5. The summed E-state index contributed by atoms with van der Waals surface area (Å²) in [5.74, 6) is 2.28. The van der Waals surface area contributed by atoms with E-state index in [2.05, 4.69) is 61.3 Å². The van der Waals surface area contributed by atoms with E-state index >= 15 is 0 Å². The van der Waals surface area contributed by atoms with Gasteiger partial charge in [-0.2, -0.15) is 4.98 Å². The minimum absolute atomic E-state index is 0.347. The fourth-order valence-corrected chi connectivity index (χ4v) is 4.40. The van der Waals surface area contributed by atoms with E-state index in [-0.39, 0.29) is 0 Å². The van der Waals surface area contributed by atoms with Crippen LogP contribution in [0.3, 0.4) is 0 Å². The van der Waals surface area contributed by atoms with E-state index in [1.807, 2.05) is 6.20 Å². The summed E-state index contributed by atoms with van der Waals surface area (Å²) in [5.41, 5.74) is 4.13. The average molecular weight is 436 g/mol. The molecule has 4 heterocycles. The molecule has 2 aromatic heterocycles. The molecule has 0 saturated carbocycles. The van der Waals surface area contributed by atoms with Gasteiger partial charge in [0, 0.05) is 57.2 Å². The van der Waals surface area contributed by atoms with Crippen LogP contribution in [0.15, 0.2) is 24.4 Å². The Labute approximate surface area is 188 Å². The second-order valence-corrected chi connectivity index (χ2v) is 8.59. The molecule has 0 bridgehead atoms. The van der Waals surface area contributed by atoms with Gasteiger partial charge in [-0.25, -0.2) is 9.97 Å². The topological polar surface area (TPSA) is 106 Å². The second-order valence-electron chi connectivity index (χ2n) is 8.59. The molecule has 2 fully saturated rings. The number of imidazole rings is 1. The lowest BCUT2D eigenvalue weighted by Gasteiger charge is -2.29. The molecule has 0 aliphatic carbocycles. The zero-order chi connectivity index (χ0) is 21.8. The Balaban J connectivity index is 1.46. The zero-order valence-electron chi connectivity index (χ0n) is 18.7. The number of anilines is 3. The van der Waals surface area contributed by atoms with Crippen molar-refractivity contribution in [1.29, 1.82) is 0 Å². The second kappa shape index (κ2) is 9.70. The molecule has 1 aromatic carbocycles. The van der Waals surface area contributed by atoms with E-state index in [1.165, 1.54) is 12.1 Å². The summed E-state index contributed by atoms with van der Waals surface area (Å²) in [6, 6.07) is 6.82. The van der Waals surface area contributed by atoms with Gasteiger partial charge in [0.2, 0.25) is 5.95 Å². The van der Waals surface area contributed by atoms with Crippen molar-refractivity contribution in [3.8, 4) is 11.4 Å². The van der Waals surface area contributed by atoms with Crippen LogP contribution in [0.4, 0.5) is 17.5 Å². The summed E-state index contributed by atoms with van der Waals surface area (Å²) in [4.78, 5) is 20.2. The maximum atomic E-state index is 4.87. The van der Waals surface area contributed by atoms with Crippen LogP contribution in [-0.2, 0) is 0 Å². The molecule has 5 rings (SSSR count). The molecule has 9 heteroatoms. The summed E-state index contributed by atoms with van der Waals surface area (Å²) in [5, 5.41) is 13.8. The molecule has 2 aliphatic rings. The van der Waals surface area contributed by atoms with Crippen LogP contribution in [0.5, 0.6) is 0 Å². The molecule has 5 N–H and O–H groups in total. The molecule has 0 unspecified atom stereocenters. The smallest absolute Gasteiger partial charge is 0.224 e. The van der Waals surface area contributed by atoms with E-state index in [1.54, 1.807) is 0 Å². The average Bonchev–Trinajstić information content (AvgIpc) is 3.27. The number of aromatic amines is 1. The minimum atomic E-state index is 0.347.